The monoisotopic (exact) mass is 405 g/mol. The molecular formula is C22H20ClN5O. The Morgan fingerprint density at radius 2 is 1.69 bits per heavy atom. The normalized spacial score (nSPS) is 14.7. The third-order valence-corrected chi connectivity index (χ3v) is 5.75. The average molecular weight is 406 g/mol. The molecular weight excluding hydrogens is 386 g/mol. The number of benzene rings is 2. The molecule has 2 heterocycles. The van der Waals surface area contributed by atoms with Gasteiger partial charge in [-0.2, -0.15) is 0 Å². The molecule has 7 heteroatoms. The first-order chi connectivity index (χ1) is 14.1. The standard InChI is InChI=1S/C22H20ClN5O/c23-13-9-11-15(12-10-13)28-20(24)18(22(29)25-14-5-1-2-6-14)19-21(28)27-17-8-4-3-7-16(17)26-19/h3-4,7-12,14H,1-2,5-6,24H2,(H,25,29). The molecule has 146 valence electrons. The third-order valence-electron chi connectivity index (χ3n) is 5.50. The zero-order valence-corrected chi connectivity index (χ0v) is 16.5. The van der Waals surface area contributed by atoms with E-state index >= 15 is 0 Å². The molecule has 0 unspecified atom stereocenters. The van der Waals surface area contributed by atoms with Gasteiger partial charge in [0, 0.05) is 16.8 Å². The van der Waals surface area contributed by atoms with Crippen molar-refractivity contribution >= 4 is 45.5 Å². The first-order valence-corrected chi connectivity index (χ1v) is 10.1. The van der Waals surface area contributed by atoms with Gasteiger partial charge in [0.2, 0.25) is 0 Å². The van der Waals surface area contributed by atoms with Crippen LogP contribution in [0.15, 0.2) is 48.5 Å². The molecule has 0 aliphatic heterocycles. The number of nitrogens with two attached hydrogens (primary N) is 1. The fourth-order valence-electron chi connectivity index (χ4n) is 4.06. The molecule has 3 N–H and O–H groups in total. The predicted molar refractivity (Wildman–Crippen MR) is 116 cm³/mol. The highest BCUT2D eigenvalue weighted by atomic mass is 35.5. The molecule has 1 fully saturated rings. The minimum atomic E-state index is -0.198. The summed E-state index contributed by atoms with van der Waals surface area (Å²) in [7, 11) is 0. The highest BCUT2D eigenvalue weighted by Crippen LogP contribution is 2.32. The van der Waals surface area contributed by atoms with Crippen LogP contribution in [0.3, 0.4) is 0 Å². The molecule has 1 aliphatic carbocycles. The van der Waals surface area contributed by atoms with Crippen molar-refractivity contribution in [3.8, 4) is 5.69 Å². The molecule has 0 atom stereocenters. The van der Waals surface area contributed by atoms with Gasteiger partial charge in [-0.25, -0.2) is 9.97 Å². The van der Waals surface area contributed by atoms with E-state index in [4.69, 9.17) is 27.3 Å². The second-order valence-electron chi connectivity index (χ2n) is 7.41. The number of para-hydroxylation sites is 2. The third kappa shape index (κ3) is 3.09. The number of hydrogen-bond acceptors (Lipinski definition) is 4. The van der Waals surface area contributed by atoms with Gasteiger partial charge in [-0.05, 0) is 49.2 Å². The largest absolute Gasteiger partial charge is 0.384 e. The van der Waals surface area contributed by atoms with Gasteiger partial charge >= 0.3 is 0 Å². The van der Waals surface area contributed by atoms with Gasteiger partial charge in [0.05, 0.1) is 11.0 Å². The van der Waals surface area contributed by atoms with E-state index < -0.39 is 0 Å². The summed E-state index contributed by atoms with van der Waals surface area (Å²) in [6.07, 6.45) is 4.26. The summed E-state index contributed by atoms with van der Waals surface area (Å²) in [4.78, 5) is 22.7. The number of aromatic nitrogens is 3. The Hall–Kier alpha value is -3.12. The van der Waals surface area contributed by atoms with Crippen molar-refractivity contribution in [3.05, 3.63) is 59.1 Å². The SMILES string of the molecule is Nc1c(C(=O)NC2CCCC2)c2nc3ccccc3nc2n1-c1ccc(Cl)cc1. The molecule has 1 amide bonds. The molecule has 5 rings (SSSR count). The molecule has 2 aromatic heterocycles. The molecule has 4 aromatic rings. The van der Waals surface area contributed by atoms with E-state index in [-0.39, 0.29) is 11.9 Å². The van der Waals surface area contributed by atoms with Crippen LogP contribution in [0.25, 0.3) is 27.9 Å². The van der Waals surface area contributed by atoms with Crippen molar-refractivity contribution in [2.24, 2.45) is 0 Å². The Labute approximate surface area is 172 Å². The quantitative estimate of drug-likeness (QED) is 0.526. The summed E-state index contributed by atoms with van der Waals surface area (Å²) in [6.45, 7) is 0. The summed E-state index contributed by atoms with van der Waals surface area (Å²) in [5.41, 5.74) is 10.2. The summed E-state index contributed by atoms with van der Waals surface area (Å²) in [5, 5.41) is 3.75. The number of hydrogen-bond donors (Lipinski definition) is 2. The molecule has 0 spiro atoms. The van der Waals surface area contributed by atoms with E-state index in [1.807, 2.05) is 36.4 Å². The zero-order chi connectivity index (χ0) is 20.0. The van der Waals surface area contributed by atoms with Crippen LogP contribution in [0.5, 0.6) is 0 Å². The van der Waals surface area contributed by atoms with Crippen LogP contribution >= 0.6 is 11.6 Å². The number of nitrogen functional groups attached to an aromatic ring is 1. The number of carbonyl (C=O) groups excluding carboxylic acids is 1. The fourth-order valence-corrected chi connectivity index (χ4v) is 4.19. The maximum Gasteiger partial charge on any atom is 0.257 e. The number of nitrogens with zero attached hydrogens (tertiary/aromatic N) is 3. The molecule has 6 nitrogen and oxygen atoms in total. The minimum Gasteiger partial charge on any atom is -0.384 e. The van der Waals surface area contributed by atoms with Crippen molar-refractivity contribution in [1.82, 2.24) is 19.9 Å². The zero-order valence-electron chi connectivity index (χ0n) is 15.7. The highest BCUT2D eigenvalue weighted by molar-refractivity contribution is 6.30. The van der Waals surface area contributed by atoms with E-state index in [9.17, 15) is 4.79 Å². The Kier molecular flexibility index (Phi) is 4.36. The summed E-state index contributed by atoms with van der Waals surface area (Å²) in [5.74, 6) is 0.129. The van der Waals surface area contributed by atoms with E-state index in [0.717, 1.165) is 42.4 Å². The summed E-state index contributed by atoms with van der Waals surface area (Å²) in [6, 6.07) is 15.1. The van der Waals surface area contributed by atoms with E-state index in [0.29, 0.717) is 27.6 Å². The van der Waals surface area contributed by atoms with Gasteiger partial charge in [-0.15, -0.1) is 0 Å². The number of nitrogens with one attached hydrogen (secondary N) is 1. The Morgan fingerprint density at radius 3 is 2.38 bits per heavy atom. The van der Waals surface area contributed by atoms with Gasteiger partial charge < -0.3 is 11.1 Å². The highest BCUT2D eigenvalue weighted by Gasteiger charge is 2.27. The number of fused-ring (bicyclic) bond motifs is 2. The number of halogens is 1. The van der Waals surface area contributed by atoms with Crippen LogP contribution < -0.4 is 11.1 Å². The number of rotatable bonds is 3. The lowest BCUT2D eigenvalue weighted by molar-refractivity contribution is 0.0940. The second kappa shape index (κ2) is 7.04. The van der Waals surface area contributed by atoms with Gasteiger partial charge in [-0.3, -0.25) is 9.36 Å². The minimum absolute atomic E-state index is 0.184. The van der Waals surface area contributed by atoms with Gasteiger partial charge in [-0.1, -0.05) is 36.6 Å². The van der Waals surface area contributed by atoms with Crippen molar-refractivity contribution in [1.29, 1.82) is 0 Å². The Balaban J connectivity index is 1.74. The summed E-state index contributed by atoms with van der Waals surface area (Å²) >= 11 is 6.05. The van der Waals surface area contributed by atoms with E-state index in [1.54, 1.807) is 16.7 Å². The Bertz CT molecular complexity index is 1230. The maximum absolute atomic E-state index is 13.2. The van der Waals surface area contributed by atoms with E-state index in [1.165, 1.54) is 0 Å². The number of carbonyl (C=O) groups is 1. The molecule has 0 saturated heterocycles. The van der Waals surface area contributed by atoms with Crippen LogP contribution in [0.4, 0.5) is 5.82 Å². The molecule has 1 aliphatic rings. The second-order valence-corrected chi connectivity index (χ2v) is 7.85. The molecule has 29 heavy (non-hydrogen) atoms. The van der Waals surface area contributed by atoms with E-state index in [2.05, 4.69) is 5.32 Å². The van der Waals surface area contributed by atoms with Crippen molar-refractivity contribution < 1.29 is 4.79 Å². The molecule has 0 bridgehead atoms. The first kappa shape index (κ1) is 17.9. The maximum atomic E-state index is 13.2. The number of amides is 1. The van der Waals surface area contributed by atoms with Crippen LogP contribution in [-0.2, 0) is 0 Å². The molecule has 1 saturated carbocycles. The topological polar surface area (TPSA) is 85.8 Å². The number of anilines is 1. The van der Waals surface area contributed by atoms with Crippen molar-refractivity contribution in [2.45, 2.75) is 31.7 Å². The smallest absolute Gasteiger partial charge is 0.257 e. The van der Waals surface area contributed by atoms with Gasteiger partial charge in [0.25, 0.3) is 5.91 Å². The van der Waals surface area contributed by atoms with Crippen LogP contribution in [0, 0.1) is 0 Å². The fraction of sp³-hybridized carbons (Fsp3) is 0.227. The lowest BCUT2D eigenvalue weighted by Crippen LogP contribution is -2.33. The lowest BCUT2D eigenvalue weighted by Gasteiger charge is -2.12. The first-order valence-electron chi connectivity index (χ1n) is 9.75. The Morgan fingerprint density at radius 1 is 1.03 bits per heavy atom. The summed E-state index contributed by atoms with van der Waals surface area (Å²) < 4.78 is 1.77. The van der Waals surface area contributed by atoms with Gasteiger partial charge in [0.1, 0.15) is 16.9 Å². The van der Waals surface area contributed by atoms with Crippen molar-refractivity contribution in [2.75, 3.05) is 5.73 Å². The van der Waals surface area contributed by atoms with Crippen LogP contribution in [0.1, 0.15) is 36.0 Å². The average Bonchev–Trinajstić information content (AvgIpc) is 3.32. The van der Waals surface area contributed by atoms with Crippen LogP contribution in [-0.4, -0.2) is 26.5 Å². The van der Waals surface area contributed by atoms with Crippen LogP contribution in [0.2, 0.25) is 5.02 Å². The molecule has 2 aromatic carbocycles. The van der Waals surface area contributed by atoms with Crippen molar-refractivity contribution in [3.63, 3.8) is 0 Å². The van der Waals surface area contributed by atoms with Gasteiger partial charge in [0.15, 0.2) is 5.65 Å². The molecule has 0 radical (unpaired) electrons. The lowest BCUT2D eigenvalue weighted by atomic mass is 10.2. The predicted octanol–water partition coefficient (Wildman–Crippen LogP) is 4.48.